The minimum Gasteiger partial charge on any atom is -0.497 e. The zero-order valence-corrected chi connectivity index (χ0v) is 35.4. The van der Waals surface area contributed by atoms with E-state index in [9.17, 15) is 4.79 Å². The Morgan fingerprint density at radius 2 is 1.55 bits per heavy atom. The number of rotatable bonds is 22. The van der Waals surface area contributed by atoms with Gasteiger partial charge in [-0.1, -0.05) is 95.6 Å². The second kappa shape index (κ2) is 19.0. The molecule has 0 amide bonds. The third-order valence-corrected chi connectivity index (χ3v) is 16.2. The molecule has 0 bridgehead atoms. The van der Waals surface area contributed by atoms with E-state index in [1.807, 2.05) is 44.2 Å². The van der Waals surface area contributed by atoms with E-state index >= 15 is 0 Å². The fraction of sp³-hybridized carbons (Fsp3) is 0.658. The van der Waals surface area contributed by atoms with E-state index in [4.69, 9.17) is 23.4 Å². The first kappa shape index (κ1) is 43.4. The van der Waals surface area contributed by atoms with Crippen LogP contribution in [0.2, 0.25) is 63.5 Å². The fourth-order valence-corrected chi connectivity index (χ4v) is 8.22. The zero-order chi connectivity index (χ0) is 36.1. The van der Waals surface area contributed by atoms with Crippen molar-refractivity contribution in [3.63, 3.8) is 0 Å². The molecule has 0 aliphatic carbocycles. The van der Waals surface area contributed by atoms with Gasteiger partial charge < -0.3 is 23.4 Å². The molecule has 0 aromatic heterocycles. The highest BCUT2D eigenvalue weighted by Crippen LogP contribution is 2.38. The van der Waals surface area contributed by atoms with Crippen molar-refractivity contribution in [1.29, 1.82) is 0 Å². The molecule has 9 heteroatoms. The molecule has 0 saturated heterocycles. The predicted molar refractivity (Wildman–Crippen MR) is 207 cm³/mol. The van der Waals surface area contributed by atoms with Crippen molar-refractivity contribution in [2.45, 2.75) is 130 Å². The number of allylic oxidation sites excluding steroid dienone is 2. The van der Waals surface area contributed by atoms with Crippen molar-refractivity contribution >= 4 is 30.2 Å². The first-order valence-corrected chi connectivity index (χ1v) is 27.3. The normalized spacial score (nSPS) is 15.1. The standard InChI is InChI=1S/C38H68O6Si3/c1-16-36(43-27-31-20-22-33(40-7)23-21-31)38(5,6)35(39)19-17-18-32(29-46(11,12)13)26-34(44-47(14,15)37(2,3)4)28-42-30-41-24-25-45(8,9)10/h16-17,19-23,29,34,36H,1,18,24-28,30H2,2-15H3/b19-17+,32-29+/t34-,36+/m1/s1. The fourth-order valence-electron chi connectivity index (χ4n) is 4.66. The zero-order valence-electron chi connectivity index (χ0n) is 32.4. The summed E-state index contributed by atoms with van der Waals surface area (Å²) in [6, 6.07) is 8.87. The summed E-state index contributed by atoms with van der Waals surface area (Å²) in [6.45, 7) is 35.1. The van der Waals surface area contributed by atoms with Crippen molar-refractivity contribution in [2.75, 3.05) is 27.1 Å². The van der Waals surface area contributed by atoms with Gasteiger partial charge in [0, 0.05) is 14.7 Å². The van der Waals surface area contributed by atoms with Gasteiger partial charge in [0.2, 0.25) is 0 Å². The number of benzene rings is 1. The topological polar surface area (TPSA) is 63.2 Å². The number of ketones is 1. The Kier molecular flexibility index (Phi) is 17.5. The lowest BCUT2D eigenvalue weighted by atomic mass is 9.81. The van der Waals surface area contributed by atoms with Gasteiger partial charge in [-0.25, -0.2) is 0 Å². The molecule has 1 aromatic carbocycles. The molecule has 0 fully saturated rings. The highest BCUT2D eigenvalue weighted by atomic mass is 28.4. The Bertz CT molecular complexity index is 1150. The van der Waals surface area contributed by atoms with Crippen LogP contribution >= 0.6 is 0 Å². The molecule has 268 valence electrons. The summed E-state index contributed by atoms with van der Waals surface area (Å²) in [4.78, 5) is 13.5. The maximum absolute atomic E-state index is 13.5. The highest BCUT2D eigenvalue weighted by Gasteiger charge is 2.39. The molecule has 0 spiro atoms. The van der Waals surface area contributed by atoms with Gasteiger partial charge in [-0.2, -0.15) is 0 Å². The molecule has 0 aliphatic heterocycles. The largest absolute Gasteiger partial charge is 0.497 e. The number of methoxy groups -OCH3 is 1. The predicted octanol–water partition coefficient (Wildman–Crippen LogP) is 10.2. The van der Waals surface area contributed by atoms with Crippen molar-refractivity contribution < 1.29 is 28.2 Å². The smallest absolute Gasteiger partial charge is 0.192 e. The molecule has 0 aliphatic rings. The Labute approximate surface area is 291 Å². The van der Waals surface area contributed by atoms with Gasteiger partial charge in [-0.15, -0.1) is 6.58 Å². The van der Waals surface area contributed by atoms with E-state index in [0.717, 1.165) is 30.4 Å². The maximum Gasteiger partial charge on any atom is 0.192 e. The molecule has 0 heterocycles. The van der Waals surface area contributed by atoms with Crippen LogP contribution in [0, 0.1) is 5.41 Å². The Hall–Kier alpha value is -1.60. The van der Waals surface area contributed by atoms with E-state index in [2.05, 4.69) is 85.4 Å². The van der Waals surface area contributed by atoms with Crippen LogP contribution < -0.4 is 4.74 Å². The van der Waals surface area contributed by atoms with Crippen molar-refractivity contribution in [2.24, 2.45) is 5.41 Å². The third kappa shape index (κ3) is 17.1. The average Bonchev–Trinajstić information content (AvgIpc) is 2.93. The molecule has 1 aromatic rings. The molecular formula is C38H68O6Si3. The Morgan fingerprint density at radius 3 is 2.06 bits per heavy atom. The molecule has 47 heavy (non-hydrogen) atoms. The van der Waals surface area contributed by atoms with Gasteiger partial charge in [0.05, 0.1) is 46.0 Å². The first-order chi connectivity index (χ1) is 21.5. The summed E-state index contributed by atoms with van der Waals surface area (Å²) in [5, 5.41) is 0.0801. The van der Waals surface area contributed by atoms with E-state index in [0.29, 0.717) is 19.6 Å². The van der Waals surface area contributed by atoms with E-state index in [-0.39, 0.29) is 23.7 Å². The van der Waals surface area contributed by atoms with Crippen LogP contribution in [0.15, 0.2) is 60.3 Å². The molecule has 0 radical (unpaired) electrons. The lowest BCUT2D eigenvalue weighted by Gasteiger charge is -2.39. The van der Waals surface area contributed by atoms with Crippen LogP contribution in [0.5, 0.6) is 5.75 Å². The quantitative estimate of drug-likeness (QED) is 0.0394. The monoisotopic (exact) mass is 704 g/mol. The molecule has 0 saturated carbocycles. The summed E-state index contributed by atoms with van der Waals surface area (Å²) < 4.78 is 30.3. The van der Waals surface area contributed by atoms with E-state index in [1.165, 1.54) is 5.57 Å². The molecule has 2 atom stereocenters. The second-order valence-corrected chi connectivity index (χ2v) is 32.5. The summed E-state index contributed by atoms with van der Waals surface area (Å²) in [7, 11) is -3.12. The van der Waals surface area contributed by atoms with Gasteiger partial charge in [0.25, 0.3) is 0 Å². The Balaban J connectivity index is 3.04. The average molecular weight is 705 g/mol. The van der Waals surface area contributed by atoms with Gasteiger partial charge in [-0.05, 0) is 74.6 Å². The highest BCUT2D eigenvalue weighted by molar-refractivity contribution is 6.81. The lowest BCUT2D eigenvalue weighted by molar-refractivity contribution is -0.129. The number of carbonyl (C=O) groups excluding carboxylic acids is 1. The maximum atomic E-state index is 13.5. The Morgan fingerprint density at radius 1 is 0.936 bits per heavy atom. The lowest BCUT2D eigenvalue weighted by Crippen LogP contribution is -2.45. The SMILES string of the molecule is C=C[C@H](OCc1ccc(OC)cc1)C(C)(C)C(=O)/C=C/C/C(=C\[Si](C)(C)C)C[C@H](COCOCC[Si](C)(C)C)O[Si](C)(C)C(C)(C)C. The van der Waals surface area contributed by atoms with Gasteiger partial charge in [0.15, 0.2) is 14.1 Å². The van der Waals surface area contributed by atoms with Gasteiger partial charge >= 0.3 is 0 Å². The third-order valence-electron chi connectivity index (χ3n) is 8.66. The van der Waals surface area contributed by atoms with E-state index < -0.39 is 36.0 Å². The van der Waals surface area contributed by atoms with E-state index in [1.54, 1.807) is 19.3 Å². The number of carbonyl (C=O) groups is 1. The summed E-state index contributed by atoms with van der Waals surface area (Å²) in [5.74, 6) is 0.807. The van der Waals surface area contributed by atoms with Crippen LogP contribution in [-0.4, -0.2) is 69.6 Å². The summed E-state index contributed by atoms with van der Waals surface area (Å²) in [6.07, 6.45) is 6.36. The molecule has 1 rings (SSSR count). The van der Waals surface area contributed by atoms with Crippen molar-refractivity contribution in [1.82, 2.24) is 0 Å². The van der Waals surface area contributed by atoms with Crippen molar-refractivity contribution in [3.8, 4) is 5.75 Å². The van der Waals surface area contributed by atoms with Crippen LogP contribution in [0.1, 0.15) is 53.0 Å². The molecule has 0 unspecified atom stereocenters. The minimum absolute atomic E-state index is 0.0114. The number of ether oxygens (including phenoxy) is 4. The molecular weight excluding hydrogens is 637 g/mol. The van der Waals surface area contributed by atoms with Gasteiger partial charge in [-0.3, -0.25) is 4.79 Å². The minimum atomic E-state index is -2.05. The van der Waals surface area contributed by atoms with Crippen LogP contribution in [-0.2, 0) is 30.0 Å². The molecule has 6 nitrogen and oxygen atoms in total. The number of hydrogen-bond donors (Lipinski definition) is 0. The first-order valence-electron chi connectivity index (χ1n) is 17.1. The van der Waals surface area contributed by atoms with Crippen LogP contribution in [0.4, 0.5) is 0 Å². The summed E-state index contributed by atoms with van der Waals surface area (Å²) >= 11 is 0. The number of hydrogen-bond acceptors (Lipinski definition) is 6. The van der Waals surface area contributed by atoms with Crippen LogP contribution in [0.25, 0.3) is 0 Å². The summed E-state index contributed by atoms with van der Waals surface area (Å²) in [5.41, 5.74) is 3.97. The van der Waals surface area contributed by atoms with Crippen molar-refractivity contribution in [3.05, 3.63) is 65.9 Å². The van der Waals surface area contributed by atoms with Gasteiger partial charge in [0.1, 0.15) is 12.5 Å². The molecule has 0 N–H and O–H groups in total. The van der Waals surface area contributed by atoms with Crippen LogP contribution in [0.3, 0.4) is 0 Å². The second-order valence-electron chi connectivity index (χ2n) is 17.1.